The van der Waals surface area contributed by atoms with E-state index in [1.807, 2.05) is 6.07 Å². The van der Waals surface area contributed by atoms with Crippen LogP contribution in [0.4, 0.5) is 5.69 Å². The third kappa shape index (κ3) is 3.71. The van der Waals surface area contributed by atoms with Crippen molar-refractivity contribution in [3.63, 3.8) is 0 Å². The second-order valence-electron chi connectivity index (χ2n) is 5.21. The molecule has 0 amide bonds. The molecule has 0 unspecified atom stereocenters. The van der Waals surface area contributed by atoms with Crippen molar-refractivity contribution in [3.05, 3.63) is 22.2 Å². The molecule has 0 radical (unpaired) electrons. The Bertz CT molecular complexity index is 369. The molecule has 0 aromatic heterocycles. The minimum atomic E-state index is 0.254. The number of halogens is 1. The van der Waals surface area contributed by atoms with Crippen molar-refractivity contribution >= 4 is 21.6 Å². The van der Waals surface area contributed by atoms with Crippen molar-refractivity contribution in [1.29, 1.82) is 0 Å². The number of ether oxygens (including phenoxy) is 1. The number of nitrogens with one attached hydrogen (secondary N) is 1. The maximum atomic E-state index is 5.38. The van der Waals surface area contributed by atoms with Gasteiger partial charge in [-0.3, -0.25) is 0 Å². The van der Waals surface area contributed by atoms with E-state index >= 15 is 0 Å². The molecule has 0 fully saturated rings. The molecular formula is C13H20BrNO. The van der Waals surface area contributed by atoms with Crippen LogP contribution in [0.5, 0.6) is 5.75 Å². The average Bonchev–Trinajstić information content (AvgIpc) is 2.13. The number of methoxy groups -OCH3 is 1. The predicted molar refractivity (Wildman–Crippen MR) is 73.4 cm³/mol. The van der Waals surface area contributed by atoms with Crippen LogP contribution in [0.3, 0.4) is 0 Å². The van der Waals surface area contributed by atoms with Gasteiger partial charge in [-0.1, -0.05) is 36.7 Å². The zero-order valence-corrected chi connectivity index (χ0v) is 12.2. The Hall–Kier alpha value is -0.700. The Morgan fingerprint density at radius 3 is 2.44 bits per heavy atom. The third-order valence-corrected chi connectivity index (χ3v) is 2.74. The summed E-state index contributed by atoms with van der Waals surface area (Å²) >= 11 is 3.47. The van der Waals surface area contributed by atoms with Crippen LogP contribution >= 0.6 is 15.9 Å². The lowest BCUT2D eigenvalue weighted by Crippen LogP contribution is -2.19. The van der Waals surface area contributed by atoms with Crippen LogP contribution in [0.25, 0.3) is 0 Å². The minimum absolute atomic E-state index is 0.254. The van der Waals surface area contributed by atoms with Gasteiger partial charge in [0.1, 0.15) is 5.75 Å². The molecule has 0 saturated heterocycles. The van der Waals surface area contributed by atoms with Crippen LogP contribution in [0.15, 0.2) is 16.6 Å². The Balaban J connectivity index is 2.94. The molecule has 0 spiro atoms. The summed E-state index contributed by atoms with van der Waals surface area (Å²) in [5.41, 5.74) is 2.53. The molecule has 0 heterocycles. The molecule has 1 rings (SSSR count). The van der Waals surface area contributed by atoms with Gasteiger partial charge in [0.15, 0.2) is 0 Å². The molecule has 1 aromatic rings. The highest BCUT2D eigenvalue weighted by Crippen LogP contribution is 2.32. The van der Waals surface area contributed by atoms with E-state index in [2.05, 4.69) is 55.0 Å². The van der Waals surface area contributed by atoms with Gasteiger partial charge in [0.05, 0.1) is 12.8 Å². The van der Waals surface area contributed by atoms with Crippen LogP contribution in [-0.4, -0.2) is 13.7 Å². The molecule has 1 aromatic carbocycles. The van der Waals surface area contributed by atoms with Gasteiger partial charge in [-0.25, -0.2) is 0 Å². The standard InChI is InChI=1S/C13H20BrNO/c1-9-6-10(14)7-11(16-5)12(9)15-8-13(2,3)4/h6-7,15H,8H2,1-5H3. The van der Waals surface area contributed by atoms with E-state index in [1.165, 1.54) is 5.56 Å². The fraction of sp³-hybridized carbons (Fsp3) is 0.538. The summed E-state index contributed by atoms with van der Waals surface area (Å²) in [5.74, 6) is 0.885. The predicted octanol–water partition coefficient (Wildman–Crippen LogP) is 4.22. The molecule has 16 heavy (non-hydrogen) atoms. The minimum Gasteiger partial charge on any atom is -0.495 e. The fourth-order valence-electron chi connectivity index (χ4n) is 1.45. The first kappa shape index (κ1) is 13.4. The van der Waals surface area contributed by atoms with Gasteiger partial charge < -0.3 is 10.1 Å². The van der Waals surface area contributed by atoms with Crippen molar-refractivity contribution in [2.45, 2.75) is 27.7 Å². The normalized spacial score (nSPS) is 11.4. The van der Waals surface area contributed by atoms with Crippen molar-refractivity contribution in [1.82, 2.24) is 0 Å². The molecule has 90 valence electrons. The van der Waals surface area contributed by atoms with E-state index < -0.39 is 0 Å². The zero-order valence-electron chi connectivity index (χ0n) is 10.6. The smallest absolute Gasteiger partial charge is 0.143 e. The van der Waals surface area contributed by atoms with Crippen LogP contribution < -0.4 is 10.1 Å². The molecule has 0 bridgehead atoms. The molecule has 0 aliphatic rings. The summed E-state index contributed by atoms with van der Waals surface area (Å²) in [6.07, 6.45) is 0. The van der Waals surface area contributed by atoms with E-state index in [0.29, 0.717) is 0 Å². The first-order valence-electron chi connectivity index (χ1n) is 5.41. The Kier molecular flexibility index (Phi) is 4.25. The number of benzene rings is 1. The molecule has 0 aliphatic carbocycles. The Morgan fingerprint density at radius 2 is 1.94 bits per heavy atom. The highest BCUT2D eigenvalue weighted by atomic mass is 79.9. The number of hydrogen-bond donors (Lipinski definition) is 1. The lowest BCUT2D eigenvalue weighted by molar-refractivity contribution is 0.412. The van der Waals surface area contributed by atoms with Crippen molar-refractivity contribution < 1.29 is 4.74 Å². The third-order valence-electron chi connectivity index (χ3n) is 2.28. The van der Waals surface area contributed by atoms with E-state index in [4.69, 9.17) is 4.74 Å². The second kappa shape index (κ2) is 5.09. The fourth-order valence-corrected chi connectivity index (χ4v) is 2.00. The maximum Gasteiger partial charge on any atom is 0.143 e. The summed E-state index contributed by atoms with van der Waals surface area (Å²) in [5, 5.41) is 3.45. The van der Waals surface area contributed by atoms with Crippen LogP contribution in [0, 0.1) is 12.3 Å². The van der Waals surface area contributed by atoms with Gasteiger partial charge >= 0.3 is 0 Å². The summed E-state index contributed by atoms with van der Waals surface area (Å²) in [6.45, 7) is 9.63. The maximum absolute atomic E-state index is 5.38. The van der Waals surface area contributed by atoms with Gasteiger partial charge in [-0.2, -0.15) is 0 Å². The number of anilines is 1. The molecule has 0 saturated carbocycles. The lowest BCUT2D eigenvalue weighted by Gasteiger charge is -2.22. The van der Waals surface area contributed by atoms with Crippen LogP contribution in [-0.2, 0) is 0 Å². The Morgan fingerprint density at radius 1 is 1.31 bits per heavy atom. The van der Waals surface area contributed by atoms with Crippen LogP contribution in [0.1, 0.15) is 26.3 Å². The van der Waals surface area contributed by atoms with Crippen molar-refractivity contribution in [2.24, 2.45) is 5.41 Å². The van der Waals surface area contributed by atoms with Gasteiger partial charge in [0.25, 0.3) is 0 Å². The van der Waals surface area contributed by atoms with E-state index in [1.54, 1.807) is 7.11 Å². The number of rotatable bonds is 3. The van der Waals surface area contributed by atoms with E-state index in [-0.39, 0.29) is 5.41 Å². The molecule has 3 heteroatoms. The van der Waals surface area contributed by atoms with Gasteiger partial charge in [0, 0.05) is 11.0 Å². The first-order chi connectivity index (χ1) is 7.33. The summed E-state index contributed by atoms with van der Waals surface area (Å²) in [7, 11) is 1.70. The van der Waals surface area contributed by atoms with Gasteiger partial charge in [0.2, 0.25) is 0 Å². The quantitative estimate of drug-likeness (QED) is 0.898. The second-order valence-corrected chi connectivity index (χ2v) is 6.13. The monoisotopic (exact) mass is 285 g/mol. The summed E-state index contributed by atoms with van der Waals surface area (Å²) in [6, 6.07) is 4.07. The molecule has 2 nitrogen and oxygen atoms in total. The lowest BCUT2D eigenvalue weighted by atomic mass is 9.96. The number of hydrogen-bond acceptors (Lipinski definition) is 2. The first-order valence-corrected chi connectivity index (χ1v) is 6.21. The molecule has 1 N–H and O–H groups in total. The van der Waals surface area contributed by atoms with Crippen molar-refractivity contribution in [2.75, 3.05) is 19.0 Å². The largest absolute Gasteiger partial charge is 0.495 e. The number of aryl methyl sites for hydroxylation is 1. The van der Waals surface area contributed by atoms with Gasteiger partial charge in [-0.05, 0) is 30.0 Å². The highest BCUT2D eigenvalue weighted by molar-refractivity contribution is 9.10. The van der Waals surface area contributed by atoms with E-state index in [0.717, 1.165) is 22.5 Å². The van der Waals surface area contributed by atoms with Crippen molar-refractivity contribution in [3.8, 4) is 5.75 Å². The van der Waals surface area contributed by atoms with Crippen LogP contribution in [0.2, 0.25) is 0 Å². The SMILES string of the molecule is COc1cc(Br)cc(C)c1NCC(C)(C)C. The highest BCUT2D eigenvalue weighted by Gasteiger charge is 2.13. The summed E-state index contributed by atoms with van der Waals surface area (Å²) < 4.78 is 6.42. The summed E-state index contributed by atoms with van der Waals surface area (Å²) in [4.78, 5) is 0. The molecule has 0 aliphatic heterocycles. The molecule has 0 atom stereocenters. The topological polar surface area (TPSA) is 21.3 Å². The zero-order chi connectivity index (χ0) is 12.3. The molecular weight excluding hydrogens is 266 g/mol. The van der Waals surface area contributed by atoms with E-state index in [9.17, 15) is 0 Å². The average molecular weight is 286 g/mol. The van der Waals surface area contributed by atoms with Gasteiger partial charge in [-0.15, -0.1) is 0 Å². The Labute approximate surface area is 107 Å².